The Balaban J connectivity index is 1.35. The number of hydrogen-bond acceptors (Lipinski definition) is 6. The molecule has 40 heavy (non-hydrogen) atoms. The maximum Gasteiger partial charge on any atom is 0.224 e. The minimum absolute atomic E-state index is 0.00930. The molecule has 2 amide bonds. The van der Waals surface area contributed by atoms with Crippen molar-refractivity contribution in [3.05, 3.63) is 95.6 Å². The number of nitrogens with one attached hydrogen (secondary N) is 2. The van der Waals surface area contributed by atoms with E-state index in [2.05, 4.69) is 22.8 Å². The van der Waals surface area contributed by atoms with Gasteiger partial charge in [0.25, 0.3) is 0 Å². The monoisotopic (exact) mass is 562 g/mol. The molecule has 1 saturated heterocycles. The Labute approximate surface area is 240 Å². The van der Waals surface area contributed by atoms with E-state index in [9.17, 15) is 14.7 Å². The Morgan fingerprint density at radius 2 is 1.62 bits per heavy atom. The van der Waals surface area contributed by atoms with Gasteiger partial charge in [0.05, 0.1) is 18.8 Å². The lowest BCUT2D eigenvalue weighted by Crippen LogP contribution is -2.31. The lowest BCUT2D eigenvalue weighted by atomic mass is 10.0. The van der Waals surface area contributed by atoms with Crippen LogP contribution in [0.5, 0.6) is 0 Å². The van der Waals surface area contributed by atoms with Crippen LogP contribution in [0.2, 0.25) is 0 Å². The van der Waals surface area contributed by atoms with Gasteiger partial charge in [0.15, 0.2) is 6.29 Å². The maximum atomic E-state index is 12.4. The fourth-order valence-corrected chi connectivity index (χ4v) is 5.47. The van der Waals surface area contributed by atoms with Crippen LogP contribution in [0, 0.1) is 0 Å². The summed E-state index contributed by atoms with van der Waals surface area (Å²) in [6, 6.07) is 25.8. The zero-order valence-corrected chi connectivity index (χ0v) is 23.7. The molecule has 1 aliphatic rings. The van der Waals surface area contributed by atoms with E-state index in [0.29, 0.717) is 13.0 Å². The highest BCUT2D eigenvalue weighted by Gasteiger charge is 2.32. The zero-order chi connectivity index (χ0) is 28.2. The van der Waals surface area contributed by atoms with Gasteiger partial charge in [0.1, 0.15) is 0 Å². The predicted molar refractivity (Wildman–Crippen MR) is 158 cm³/mol. The van der Waals surface area contributed by atoms with Gasteiger partial charge in [-0.1, -0.05) is 61.0 Å². The largest absolute Gasteiger partial charge is 0.392 e. The third-order valence-corrected chi connectivity index (χ3v) is 7.86. The molecule has 0 radical (unpaired) electrons. The van der Waals surface area contributed by atoms with Gasteiger partial charge in [0, 0.05) is 48.2 Å². The Kier molecular flexibility index (Phi) is 11.6. The molecule has 8 heteroatoms. The molecule has 0 unspecified atom stereocenters. The highest BCUT2D eigenvalue weighted by molar-refractivity contribution is 7.99. The molecule has 3 aromatic rings. The summed E-state index contributed by atoms with van der Waals surface area (Å²) in [6.07, 6.45) is 3.00. The van der Waals surface area contributed by atoms with Crippen LogP contribution in [0.25, 0.3) is 0 Å². The van der Waals surface area contributed by atoms with Crippen molar-refractivity contribution in [3.63, 3.8) is 0 Å². The van der Waals surface area contributed by atoms with Crippen molar-refractivity contribution in [1.82, 2.24) is 5.32 Å². The summed E-state index contributed by atoms with van der Waals surface area (Å²) in [5.74, 6) is 0.745. The number of benzene rings is 3. The number of thioether (sulfide) groups is 1. The minimum Gasteiger partial charge on any atom is -0.392 e. The van der Waals surface area contributed by atoms with Crippen molar-refractivity contribution in [2.45, 2.75) is 69.0 Å². The average Bonchev–Trinajstić information content (AvgIpc) is 2.98. The molecule has 0 saturated carbocycles. The first-order valence-electron chi connectivity index (χ1n) is 13.8. The minimum atomic E-state index is -0.536. The molecule has 3 N–H and O–H groups in total. The second kappa shape index (κ2) is 15.6. The van der Waals surface area contributed by atoms with E-state index in [4.69, 9.17) is 9.47 Å². The lowest BCUT2D eigenvalue weighted by molar-refractivity contribution is -0.245. The number of rotatable bonds is 13. The number of aliphatic hydroxyl groups excluding tert-OH is 1. The highest BCUT2D eigenvalue weighted by Crippen LogP contribution is 2.39. The third-order valence-electron chi connectivity index (χ3n) is 6.72. The second-order valence-corrected chi connectivity index (χ2v) is 11.0. The molecule has 1 aliphatic heterocycles. The van der Waals surface area contributed by atoms with E-state index in [1.165, 1.54) is 11.8 Å². The van der Waals surface area contributed by atoms with Gasteiger partial charge in [-0.2, -0.15) is 0 Å². The van der Waals surface area contributed by atoms with Crippen LogP contribution < -0.4 is 10.6 Å². The number of carbonyl (C=O) groups is 2. The van der Waals surface area contributed by atoms with Crippen molar-refractivity contribution >= 4 is 29.3 Å². The number of unbranched alkanes of at least 4 members (excludes halogenated alkanes) is 2. The summed E-state index contributed by atoms with van der Waals surface area (Å²) in [5.41, 5.74) is 3.55. The van der Waals surface area contributed by atoms with Gasteiger partial charge in [-0.15, -0.1) is 11.8 Å². The second-order valence-electron chi connectivity index (χ2n) is 9.94. The van der Waals surface area contributed by atoms with Gasteiger partial charge < -0.3 is 25.2 Å². The zero-order valence-electron chi connectivity index (χ0n) is 22.9. The van der Waals surface area contributed by atoms with E-state index in [-0.39, 0.29) is 30.6 Å². The fraction of sp³-hybridized carbons (Fsp3) is 0.375. The van der Waals surface area contributed by atoms with Crippen LogP contribution >= 0.6 is 11.8 Å². The van der Waals surface area contributed by atoms with Crippen LogP contribution in [0.3, 0.4) is 0 Å². The number of anilines is 1. The molecule has 0 aliphatic carbocycles. The van der Waals surface area contributed by atoms with Crippen LogP contribution in [0.1, 0.15) is 68.1 Å². The maximum absolute atomic E-state index is 12.4. The van der Waals surface area contributed by atoms with E-state index < -0.39 is 6.29 Å². The number of ether oxygens (including phenoxy) is 2. The first-order chi connectivity index (χ1) is 19.5. The molecule has 7 nitrogen and oxygen atoms in total. The van der Waals surface area contributed by atoms with E-state index in [1.807, 2.05) is 66.7 Å². The van der Waals surface area contributed by atoms with Crippen molar-refractivity contribution in [2.24, 2.45) is 0 Å². The van der Waals surface area contributed by atoms with E-state index in [1.54, 1.807) is 11.8 Å². The van der Waals surface area contributed by atoms with Crippen molar-refractivity contribution in [2.75, 3.05) is 17.6 Å². The van der Waals surface area contributed by atoms with Crippen molar-refractivity contribution in [3.8, 4) is 0 Å². The Hall–Kier alpha value is -3.17. The SMILES string of the molecule is CC(=O)NCCCCCC(=O)Nc1ccc([C@@H]2O[C@H](CSc3ccccc3)C[C@H](c3ccc(CO)cc3)O2)cc1. The molecule has 3 aromatic carbocycles. The van der Waals surface area contributed by atoms with Gasteiger partial charge in [-0.05, 0) is 48.2 Å². The van der Waals surface area contributed by atoms with Crippen LogP contribution in [-0.4, -0.2) is 35.3 Å². The molecular formula is C32H38N2O5S. The molecule has 0 bridgehead atoms. The number of amides is 2. The smallest absolute Gasteiger partial charge is 0.224 e. The Morgan fingerprint density at radius 3 is 2.33 bits per heavy atom. The molecular weight excluding hydrogens is 524 g/mol. The summed E-state index contributed by atoms with van der Waals surface area (Å²) in [6.45, 7) is 2.16. The summed E-state index contributed by atoms with van der Waals surface area (Å²) in [4.78, 5) is 24.5. The number of hydrogen-bond donors (Lipinski definition) is 3. The fourth-order valence-electron chi connectivity index (χ4n) is 4.53. The molecule has 1 heterocycles. The summed E-state index contributed by atoms with van der Waals surface area (Å²) in [5, 5.41) is 15.2. The average molecular weight is 563 g/mol. The number of carbonyl (C=O) groups excluding carboxylic acids is 2. The third kappa shape index (κ3) is 9.48. The summed E-state index contributed by atoms with van der Waals surface area (Å²) in [7, 11) is 0. The summed E-state index contributed by atoms with van der Waals surface area (Å²) < 4.78 is 12.8. The highest BCUT2D eigenvalue weighted by atomic mass is 32.2. The van der Waals surface area contributed by atoms with Crippen molar-refractivity contribution < 1.29 is 24.2 Å². The molecule has 0 aromatic heterocycles. The molecule has 3 atom stereocenters. The van der Waals surface area contributed by atoms with E-state index in [0.717, 1.165) is 53.8 Å². The Morgan fingerprint density at radius 1 is 0.900 bits per heavy atom. The molecule has 0 spiro atoms. The molecule has 4 rings (SSSR count). The van der Waals surface area contributed by atoms with Gasteiger partial charge in [0.2, 0.25) is 11.8 Å². The number of aliphatic hydroxyl groups is 1. The molecule has 212 valence electrons. The quantitative estimate of drug-likeness (QED) is 0.171. The first-order valence-corrected chi connectivity index (χ1v) is 14.8. The predicted octanol–water partition coefficient (Wildman–Crippen LogP) is 6.15. The van der Waals surface area contributed by atoms with Crippen LogP contribution in [0.15, 0.2) is 83.8 Å². The lowest BCUT2D eigenvalue weighted by Gasteiger charge is -2.36. The summed E-state index contributed by atoms with van der Waals surface area (Å²) >= 11 is 1.77. The normalized spacial score (nSPS) is 18.7. The van der Waals surface area contributed by atoms with E-state index >= 15 is 0 Å². The van der Waals surface area contributed by atoms with Gasteiger partial charge in [-0.25, -0.2) is 0 Å². The Bertz CT molecular complexity index is 1200. The standard InChI is InChI=1S/C32H38N2O5S/c1-23(36)33-19-7-3-6-10-31(37)34-27-17-15-26(16-18-27)32-38-28(22-40-29-8-4-2-5-9-29)20-30(39-32)25-13-11-24(21-35)12-14-25/h2,4-5,8-9,11-18,28,30,32,35H,3,6-7,10,19-22H2,1H3,(H,33,36)(H,34,37)/t28-,30+,32+/m0/s1. The topological polar surface area (TPSA) is 96.9 Å². The molecule has 1 fully saturated rings. The van der Waals surface area contributed by atoms with Crippen molar-refractivity contribution in [1.29, 1.82) is 0 Å². The van der Waals surface area contributed by atoms with Crippen LogP contribution in [-0.2, 0) is 25.7 Å². The first kappa shape index (κ1) is 29.8. The van der Waals surface area contributed by atoms with Gasteiger partial charge in [-0.3, -0.25) is 9.59 Å². The van der Waals surface area contributed by atoms with Gasteiger partial charge >= 0.3 is 0 Å². The van der Waals surface area contributed by atoms with Crippen LogP contribution in [0.4, 0.5) is 5.69 Å².